The summed E-state index contributed by atoms with van der Waals surface area (Å²) < 4.78 is 0. The van der Waals surface area contributed by atoms with E-state index in [9.17, 15) is 14.9 Å². The summed E-state index contributed by atoms with van der Waals surface area (Å²) in [5, 5.41) is 13.8. The molecule has 6 heteroatoms. The van der Waals surface area contributed by atoms with Gasteiger partial charge in [-0.05, 0) is 29.7 Å². The Kier molecular flexibility index (Phi) is 6.81. The van der Waals surface area contributed by atoms with Gasteiger partial charge >= 0.3 is 0 Å². The van der Waals surface area contributed by atoms with Crippen LogP contribution in [0.3, 0.4) is 0 Å². The average Bonchev–Trinajstić information content (AvgIpc) is 2.73. The Labute approximate surface area is 167 Å². The second kappa shape index (κ2) is 9.71. The Morgan fingerprint density at radius 2 is 1.54 bits per heavy atom. The first-order valence-electron chi connectivity index (χ1n) is 8.87. The standard InChI is InChI=1S/C22H20N2O3S/c25-22(16-28-20-13-11-19(12-14-20)24(26)27)23-21(18-9-5-2-6-10-18)15-17-7-3-1-4-8-17/h1-14,21H,15-16H2,(H,23,25). The van der Waals surface area contributed by atoms with E-state index in [4.69, 9.17) is 0 Å². The van der Waals surface area contributed by atoms with E-state index in [1.54, 1.807) is 12.1 Å². The van der Waals surface area contributed by atoms with Crippen molar-refractivity contribution in [2.24, 2.45) is 0 Å². The van der Waals surface area contributed by atoms with Crippen molar-refractivity contribution in [3.63, 3.8) is 0 Å². The lowest BCUT2D eigenvalue weighted by atomic mass is 9.99. The molecule has 3 rings (SSSR count). The number of nitrogens with one attached hydrogen (secondary N) is 1. The largest absolute Gasteiger partial charge is 0.348 e. The molecule has 0 fully saturated rings. The molecule has 0 saturated heterocycles. The summed E-state index contributed by atoms with van der Waals surface area (Å²) in [5.41, 5.74) is 2.25. The van der Waals surface area contributed by atoms with Gasteiger partial charge in [-0.3, -0.25) is 14.9 Å². The van der Waals surface area contributed by atoms with E-state index in [2.05, 4.69) is 5.32 Å². The Morgan fingerprint density at radius 1 is 0.929 bits per heavy atom. The summed E-state index contributed by atoms with van der Waals surface area (Å²) >= 11 is 1.36. The van der Waals surface area contributed by atoms with E-state index in [0.29, 0.717) is 6.42 Å². The molecule has 28 heavy (non-hydrogen) atoms. The van der Waals surface area contributed by atoms with Gasteiger partial charge in [0.2, 0.25) is 5.91 Å². The summed E-state index contributed by atoms with van der Waals surface area (Å²) in [6.45, 7) is 0. The fourth-order valence-electron chi connectivity index (χ4n) is 2.84. The highest BCUT2D eigenvalue weighted by Gasteiger charge is 2.15. The second-order valence-corrected chi connectivity index (χ2v) is 7.31. The van der Waals surface area contributed by atoms with Crippen molar-refractivity contribution in [1.29, 1.82) is 0 Å². The second-order valence-electron chi connectivity index (χ2n) is 6.26. The topological polar surface area (TPSA) is 72.2 Å². The van der Waals surface area contributed by atoms with Gasteiger partial charge in [0.15, 0.2) is 0 Å². The number of hydrogen-bond acceptors (Lipinski definition) is 4. The molecule has 3 aromatic rings. The molecule has 3 aromatic carbocycles. The molecule has 1 atom stereocenters. The van der Waals surface area contributed by atoms with Gasteiger partial charge in [-0.1, -0.05) is 60.7 Å². The Hall–Kier alpha value is -3.12. The van der Waals surface area contributed by atoms with Crippen molar-refractivity contribution in [1.82, 2.24) is 5.32 Å². The van der Waals surface area contributed by atoms with Crippen LogP contribution in [0.25, 0.3) is 0 Å². The van der Waals surface area contributed by atoms with Gasteiger partial charge in [0.1, 0.15) is 0 Å². The number of nitro groups is 1. The molecular formula is C22H20N2O3S. The van der Waals surface area contributed by atoms with Crippen molar-refractivity contribution < 1.29 is 9.72 Å². The van der Waals surface area contributed by atoms with Gasteiger partial charge in [0.05, 0.1) is 16.7 Å². The summed E-state index contributed by atoms with van der Waals surface area (Å²) in [7, 11) is 0. The molecule has 1 N–H and O–H groups in total. The smallest absolute Gasteiger partial charge is 0.269 e. The van der Waals surface area contributed by atoms with Crippen molar-refractivity contribution in [2.45, 2.75) is 17.4 Å². The minimum atomic E-state index is -0.435. The number of carbonyl (C=O) groups excluding carboxylic acids is 1. The number of carbonyl (C=O) groups is 1. The Bertz CT molecular complexity index is 916. The third-order valence-corrected chi connectivity index (χ3v) is 5.25. The molecule has 0 heterocycles. The van der Waals surface area contributed by atoms with Crippen LogP contribution in [-0.4, -0.2) is 16.6 Å². The van der Waals surface area contributed by atoms with Gasteiger partial charge in [0.25, 0.3) is 5.69 Å². The maximum Gasteiger partial charge on any atom is 0.269 e. The SMILES string of the molecule is O=C(CSc1ccc([N+](=O)[O-])cc1)NC(Cc1ccccc1)c1ccccc1. The van der Waals surface area contributed by atoms with Crippen LogP contribution >= 0.6 is 11.8 Å². The molecule has 0 aliphatic heterocycles. The molecule has 142 valence electrons. The van der Waals surface area contributed by atoms with Gasteiger partial charge < -0.3 is 5.32 Å². The molecule has 1 unspecified atom stereocenters. The molecular weight excluding hydrogens is 372 g/mol. The third kappa shape index (κ3) is 5.69. The van der Waals surface area contributed by atoms with Crippen molar-refractivity contribution >= 4 is 23.4 Å². The van der Waals surface area contributed by atoms with Crippen molar-refractivity contribution in [3.8, 4) is 0 Å². The summed E-state index contributed by atoms with van der Waals surface area (Å²) in [6.07, 6.45) is 0.707. The highest BCUT2D eigenvalue weighted by molar-refractivity contribution is 8.00. The van der Waals surface area contributed by atoms with Gasteiger partial charge in [-0.2, -0.15) is 0 Å². The lowest BCUT2D eigenvalue weighted by Gasteiger charge is -2.19. The van der Waals surface area contributed by atoms with Crippen LogP contribution in [0, 0.1) is 10.1 Å². The predicted molar refractivity (Wildman–Crippen MR) is 111 cm³/mol. The molecule has 0 saturated carbocycles. The summed E-state index contributed by atoms with van der Waals surface area (Å²) in [4.78, 5) is 23.6. The summed E-state index contributed by atoms with van der Waals surface area (Å²) in [6, 6.07) is 26.1. The molecule has 0 aliphatic carbocycles. The number of nitro benzene ring substituents is 1. The van der Waals surface area contributed by atoms with Crippen molar-refractivity contribution in [3.05, 3.63) is 106 Å². The Morgan fingerprint density at radius 3 is 2.14 bits per heavy atom. The maximum atomic E-state index is 12.5. The molecule has 1 amide bonds. The molecule has 0 radical (unpaired) electrons. The van der Waals surface area contributed by atoms with Crippen LogP contribution in [0.4, 0.5) is 5.69 Å². The number of thioether (sulfide) groups is 1. The first kappa shape index (κ1) is 19.6. The van der Waals surface area contributed by atoms with Crippen LogP contribution in [0.2, 0.25) is 0 Å². The number of rotatable bonds is 8. The molecule has 0 aromatic heterocycles. The maximum absolute atomic E-state index is 12.5. The quantitative estimate of drug-likeness (QED) is 0.340. The molecule has 5 nitrogen and oxygen atoms in total. The van der Waals surface area contributed by atoms with E-state index in [1.807, 2.05) is 60.7 Å². The van der Waals surface area contributed by atoms with E-state index in [-0.39, 0.29) is 23.4 Å². The van der Waals surface area contributed by atoms with E-state index in [0.717, 1.165) is 16.0 Å². The number of hydrogen-bond donors (Lipinski definition) is 1. The number of amides is 1. The summed E-state index contributed by atoms with van der Waals surface area (Å²) in [5.74, 6) is 0.170. The fourth-order valence-corrected chi connectivity index (χ4v) is 3.55. The first-order valence-corrected chi connectivity index (χ1v) is 9.86. The zero-order chi connectivity index (χ0) is 19.8. The van der Waals surface area contributed by atoms with Crippen LogP contribution in [-0.2, 0) is 11.2 Å². The monoisotopic (exact) mass is 392 g/mol. The first-order chi connectivity index (χ1) is 13.6. The molecule has 0 bridgehead atoms. The van der Waals surface area contributed by atoms with Crippen LogP contribution in [0.1, 0.15) is 17.2 Å². The van der Waals surface area contributed by atoms with Gasteiger partial charge in [0, 0.05) is 17.0 Å². The van der Waals surface area contributed by atoms with Crippen molar-refractivity contribution in [2.75, 3.05) is 5.75 Å². The molecule has 0 spiro atoms. The average molecular weight is 392 g/mol. The van der Waals surface area contributed by atoms with Crippen LogP contribution < -0.4 is 5.32 Å². The highest BCUT2D eigenvalue weighted by Crippen LogP contribution is 2.22. The lowest BCUT2D eigenvalue weighted by Crippen LogP contribution is -2.31. The van der Waals surface area contributed by atoms with Gasteiger partial charge in [-0.25, -0.2) is 0 Å². The number of nitrogens with zero attached hydrogens (tertiary/aromatic N) is 1. The van der Waals surface area contributed by atoms with Crippen LogP contribution in [0.5, 0.6) is 0 Å². The van der Waals surface area contributed by atoms with Crippen LogP contribution in [0.15, 0.2) is 89.8 Å². The molecule has 0 aliphatic rings. The lowest BCUT2D eigenvalue weighted by molar-refractivity contribution is -0.384. The number of non-ortho nitro benzene ring substituents is 1. The van der Waals surface area contributed by atoms with Gasteiger partial charge in [-0.15, -0.1) is 11.8 Å². The predicted octanol–water partition coefficient (Wildman–Crippen LogP) is 4.79. The number of benzene rings is 3. The van der Waals surface area contributed by atoms with E-state index in [1.165, 1.54) is 23.9 Å². The zero-order valence-electron chi connectivity index (χ0n) is 15.2. The van der Waals surface area contributed by atoms with E-state index < -0.39 is 4.92 Å². The minimum absolute atomic E-state index is 0.0424. The minimum Gasteiger partial charge on any atom is -0.348 e. The third-order valence-electron chi connectivity index (χ3n) is 4.24. The zero-order valence-corrected chi connectivity index (χ0v) is 16.0. The fraction of sp³-hybridized carbons (Fsp3) is 0.136. The normalized spacial score (nSPS) is 11.6. The highest BCUT2D eigenvalue weighted by atomic mass is 32.2. The Balaban J connectivity index is 1.63. The van der Waals surface area contributed by atoms with E-state index >= 15 is 0 Å².